The van der Waals surface area contributed by atoms with Crippen LogP contribution in [0.5, 0.6) is 0 Å². The third-order valence-electron chi connectivity index (χ3n) is 4.51. The van der Waals surface area contributed by atoms with Crippen LogP contribution < -0.4 is 0 Å². The van der Waals surface area contributed by atoms with Crippen molar-refractivity contribution in [3.63, 3.8) is 0 Å². The van der Waals surface area contributed by atoms with Gasteiger partial charge in [-0.05, 0) is 60.4 Å². The smallest absolute Gasteiger partial charge is 0.311 e. The van der Waals surface area contributed by atoms with Crippen LogP contribution in [-0.2, 0) is 4.79 Å². The Morgan fingerprint density at radius 2 is 1.88 bits per heavy atom. The summed E-state index contributed by atoms with van der Waals surface area (Å²) in [6.45, 7) is 3.85. The number of carboxylic acids is 1. The van der Waals surface area contributed by atoms with Gasteiger partial charge in [0.1, 0.15) is 0 Å². The lowest BCUT2D eigenvalue weighted by atomic mass is 9.85. The van der Waals surface area contributed by atoms with E-state index in [4.69, 9.17) is 23.2 Å². The third-order valence-corrected chi connectivity index (χ3v) is 4.98. The fourth-order valence-corrected chi connectivity index (χ4v) is 3.80. The molecule has 0 radical (unpaired) electrons. The molecule has 0 bridgehead atoms. The Balaban J connectivity index is 2.44. The Kier molecular flexibility index (Phi) is 5.49. The second-order valence-electron chi connectivity index (χ2n) is 6.34. The molecule has 0 aliphatic carbocycles. The number of carboxylic acid groups (broad SMARTS) is 1. The molecule has 1 heterocycles. The van der Waals surface area contributed by atoms with E-state index in [-0.39, 0.29) is 0 Å². The summed E-state index contributed by atoms with van der Waals surface area (Å²) in [5.74, 6) is -1.48. The molecule has 134 valence electrons. The van der Waals surface area contributed by atoms with Crippen LogP contribution in [0.15, 0.2) is 42.5 Å². The number of aromatic nitrogens is 1. The largest absolute Gasteiger partial charge is 0.481 e. The van der Waals surface area contributed by atoms with Gasteiger partial charge in [0.2, 0.25) is 0 Å². The van der Waals surface area contributed by atoms with E-state index < -0.39 is 11.9 Å². The van der Waals surface area contributed by atoms with Gasteiger partial charge in [0, 0.05) is 21.1 Å². The van der Waals surface area contributed by atoms with E-state index in [2.05, 4.69) is 4.98 Å². The SMILES string of the molecule is CCCC(C(=O)O)c1c(C)nc2ccc(Cl)cc2c1-c1cccc(Cl)c1. The van der Waals surface area contributed by atoms with E-state index in [1.165, 1.54) is 0 Å². The maximum atomic E-state index is 12.0. The van der Waals surface area contributed by atoms with Crippen LogP contribution in [0.25, 0.3) is 22.0 Å². The van der Waals surface area contributed by atoms with E-state index in [1.54, 1.807) is 12.1 Å². The quantitative estimate of drug-likeness (QED) is 0.544. The molecule has 0 aliphatic heterocycles. The maximum absolute atomic E-state index is 12.0. The fraction of sp³-hybridized carbons (Fsp3) is 0.238. The summed E-state index contributed by atoms with van der Waals surface area (Å²) in [7, 11) is 0. The van der Waals surface area contributed by atoms with Crippen molar-refractivity contribution in [3.8, 4) is 11.1 Å². The zero-order valence-electron chi connectivity index (χ0n) is 14.6. The predicted molar refractivity (Wildman–Crippen MR) is 107 cm³/mol. The van der Waals surface area contributed by atoms with Crippen LogP contribution in [0.4, 0.5) is 0 Å². The molecule has 3 nitrogen and oxygen atoms in total. The summed E-state index contributed by atoms with van der Waals surface area (Å²) >= 11 is 12.4. The molecule has 2 aromatic carbocycles. The molecule has 0 fully saturated rings. The molecule has 1 atom stereocenters. The highest BCUT2D eigenvalue weighted by molar-refractivity contribution is 6.32. The fourth-order valence-electron chi connectivity index (χ4n) is 3.43. The maximum Gasteiger partial charge on any atom is 0.311 e. The number of fused-ring (bicyclic) bond motifs is 1. The van der Waals surface area contributed by atoms with Gasteiger partial charge in [-0.3, -0.25) is 9.78 Å². The summed E-state index contributed by atoms with van der Waals surface area (Å²) in [4.78, 5) is 16.7. The lowest BCUT2D eigenvalue weighted by Crippen LogP contribution is -2.15. The lowest BCUT2D eigenvalue weighted by molar-refractivity contribution is -0.139. The summed E-state index contributed by atoms with van der Waals surface area (Å²) in [5, 5.41) is 11.9. The standard InChI is InChI=1S/C21H19Cl2NO2/c1-3-5-16(21(25)26)19-12(2)24-18-9-8-15(23)11-17(18)20(19)13-6-4-7-14(22)10-13/h4,6-11,16H,3,5H2,1-2H3,(H,25,26). The highest BCUT2D eigenvalue weighted by Crippen LogP contribution is 2.40. The Labute approximate surface area is 162 Å². The molecule has 0 saturated heterocycles. The monoisotopic (exact) mass is 387 g/mol. The van der Waals surface area contributed by atoms with E-state index in [0.29, 0.717) is 16.5 Å². The van der Waals surface area contributed by atoms with Gasteiger partial charge in [0.15, 0.2) is 0 Å². The number of nitrogens with zero attached hydrogens (tertiary/aromatic N) is 1. The minimum atomic E-state index is -0.846. The first-order valence-corrected chi connectivity index (χ1v) is 9.26. The molecule has 5 heteroatoms. The molecule has 1 N–H and O–H groups in total. The number of carbonyl (C=O) groups is 1. The minimum absolute atomic E-state index is 0.539. The first-order valence-electron chi connectivity index (χ1n) is 8.51. The number of hydrogen-bond donors (Lipinski definition) is 1. The number of rotatable bonds is 5. The number of pyridine rings is 1. The van der Waals surface area contributed by atoms with Crippen LogP contribution >= 0.6 is 23.2 Å². The van der Waals surface area contributed by atoms with Crippen molar-refractivity contribution < 1.29 is 9.90 Å². The molecule has 3 rings (SSSR count). The number of halogens is 2. The third kappa shape index (κ3) is 3.55. The highest BCUT2D eigenvalue weighted by Gasteiger charge is 2.27. The van der Waals surface area contributed by atoms with E-state index in [9.17, 15) is 9.90 Å². The molecule has 0 aliphatic rings. The topological polar surface area (TPSA) is 50.2 Å². The number of benzene rings is 2. The van der Waals surface area contributed by atoms with Crippen LogP contribution in [0, 0.1) is 6.92 Å². The average molecular weight is 388 g/mol. The lowest BCUT2D eigenvalue weighted by Gasteiger charge is -2.21. The van der Waals surface area contributed by atoms with Gasteiger partial charge in [-0.15, -0.1) is 0 Å². The van der Waals surface area contributed by atoms with Crippen molar-refractivity contribution in [2.75, 3.05) is 0 Å². The van der Waals surface area contributed by atoms with Crippen LogP contribution in [0.3, 0.4) is 0 Å². The average Bonchev–Trinajstić information content (AvgIpc) is 2.59. The Bertz CT molecular complexity index is 985. The van der Waals surface area contributed by atoms with E-state index in [0.717, 1.165) is 39.7 Å². The van der Waals surface area contributed by atoms with Crippen molar-refractivity contribution in [2.45, 2.75) is 32.6 Å². The van der Waals surface area contributed by atoms with Crippen molar-refractivity contribution >= 4 is 40.1 Å². The van der Waals surface area contributed by atoms with Crippen LogP contribution in [-0.4, -0.2) is 16.1 Å². The minimum Gasteiger partial charge on any atom is -0.481 e. The van der Waals surface area contributed by atoms with Gasteiger partial charge in [0.25, 0.3) is 0 Å². The zero-order chi connectivity index (χ0) is 18.8. The van der Waals surface area contributed by atoms with Gasteiger partial charge in [-0.25, -0.2) is 0 Å². The predicted octanol–water partition coefficient (Wildman–Crippen LogP) is 6.49. The van der Waals surface area contributed by atoms with Crippen molar-refractivity contribution in [2.24, 2.45) is 0 Å². The number of aliphatic carboxylic acids is 1. The van der Waals surface area contributed by atoms with Gasteiger partial charge in [-0.1, -0.05) is 48.7 Å². The summed E-state index contributed by atoms with van der Waals surface area (Å²) in [6, 6.07) is 12.9. The van der Waals surface area contributed by atoms with Gasteiger partial charge < -0.3 is 5.11 Å². The van der Waals surface area contributed by atoms with Crippen molar-refractivity contribution in [1.82, 2.24) is 4.98 Å². The zero-order valence-corrected chi connectivity index (χ0v) is 16.1. The highest BCUT2D eigenvalue weighted by atomic mass is 35.5. The second-order valence-corrected chi connectivity index (χ2v) is 7.21. The van der Waals surface area contributed by atoms with Gasteiger partial charge in [-0.2, -0.15) is 0 Å². The molecular formula is C21H19Cl2NO2. The summed E-state index contributed by atoms with van der Waals surface area (Å²) < 4.78 is 0. The number of aryl methyl sites for hydroxylation is 1. The summed E-state index contributed by atoms with van der Waals surface area (Å²) in [5.41, 5.74) is 3.95. The molecule has 26 heavy (non-hydrogen) atoms. The van der Waals surface area contributed by atoms with E-state index in [1.807, 2.05) is 44.2 Å². The Morgan fingerprint density at radius 1 is 1.15 bits per heavy atom. The Morgan fingerprint density at radius 3 is 2.54 bits per heavy atom. The molecule has 0 spiro atoms. The van der Waals surface area contributed by atoms with Crippen molar-refractivity contribution in [1.29, 1.82) is 0 Å². The normalized spacial score (nSPS) is 12.3. The molecule has 0 amide bonds. The van der Waals surface area contributed by atoms with Gasteiger partial charge >= 0.3 is 5.97 Å². The molecule has 3 aromatic rings. The first-order chi connectivity index (χ1) is 12.4. The molecule has 1 unspecified atom stereocenters. The molecule has 1 aromatic heterocycles. The van der Waals surface area contributed by atoms with Crippen LogP contribution in [0.1, 0.15) is 36.9 Å². The van der Waals surface area contributed by atoms with Crippen molar-refractivity contribution in [3.05, 3.63) is 63.8 Å². The molecule has 0 saturated carbocycles. The second kappa shape index (κ2) is 7.65. The van der Waals surface area contributed by atoms with E-state index >= 15 is 0 Å². The molecular weight excluding hydrogens is 369 g/mol. The van der Waals surface area contributed by atoms with Crippen LogP contribution in [0.2, 0.25) is 10.0 Å². The van der Waals surface area contributed by atoms with Gasteiger partial charge in [0.05, 0.1) is 11.4 Å². The Hall–Kier alpha value is -2.10. The number of hydrogen-bond acceptors (Lipinski definition) is 2. The first kappa shape index (κ1) is 18.7. The summed E-state index contributed by atoms with van der Waals surface area (Å²) in [6.07, 6.45) is 1.30.